The molecule has 0 amide bonds. The molecule has 0 atom stereocenters. The van der Waals surface area contributed by atoms with Crippen molar-refractivity contribution in [1.29, 1.82) is 0 Å². The molecule has 15 heteroatoms. The van der Waals surface area contributed by atoms with Gasteiger partial charge in [0.15, 0.2) is 0 Å². The van der Waals surface area contributed by atoms with Crippen LogP contribution in [0.15, 0.2) is 74.9 Å². The maximum atomic E-state index is 11.8. The highest BCUT2D eigenvalue weighted by molar-refractivity contribution is 7.12. The highest BCUT2D eigenvalue weighted by Crippen LogP contribution is 2.25. The van der Waals surface area contributed by atoms with Gasteiger partial charge in [-0.05, 0) is 57.3 Å². The van der Waals surface area contributed by atoms with E-state index < -0.39 is 0 Å². The fourth-order valence-corrected chi connectivity index (χ4v) is 6.74. The molecule has 4 heterocycles. The molecule has 6 aromatic rings. The number of aromatic nitrogens is 6. The predicted molar refractivity (Wildman–Crippen MR) is 161 cm³/mol. The summed E-state index contributed by atoms with van der Waals surface area (Å²) in [4.78, 5) is 23.4. The van der Waals surface area contributed by atoms with Gasteiger partial charge in [0, 0.05) is 28.0 Å². The van der Waals surface area contributed by atoms with Crippen LogP contribution in [-0.2, 0) is 13.1 Å². The van der Waals surface area contributed by atoms with Crippen molar-refractivity contribution in [2.75, 3.05) is 0 Å². The third-order valence-electron chi connectivity index (χ3n) is 5.33. The van der Waals surface area contributed by atoms with E-state index in [1.807, 2.05) is 59.3 Å². The Morgan fingerprint density at radius 3 is 1.59 bits per heavy atom. The molecule has 198 valence electrons. The van der Waals surface area contributed by atoms with Crippen molar-refractivity contribution in [3.63, 3.8) is 0 Å². The molecule has 4 aromatic heterocycles. The summed E-state index contributed by atoms with van der Waals surface area (Å²) in [6.07, 6.45) is 0. The minimum atomic E-state index is -0.255. The van der Waals surface area contributed by atoms with E-state index in [4.69, 9.17) is 34.8 Å². The Balaban J connectivity index is 0.000000158. The maximum absolute atomic E-state index is 11.8. The molecule has 0 saturated heterocycles. The fourth-order valence-electron chi connectivity index (χ4n) is 3.41. The summed E-state index contributed by atoms with van der Waals surface area (Å²) >= 11 is 22.5. The second kappa shape index (κ2) is 12.6. The van der Waals surface area contributed by atoms with Gasteiger partial charge in [-0.15, -0.1) is 10.2 Å². The smallest absolute Gasteiger partial charge is 0.268 e. The molecule has 0 bridgehead atoms. The summed E-state index contributed by atoms with van der Waals surface area (Å²) in [6.45, 7) is 0.983. The molecule has 0 N–H and O–H groups in total. The first kappa shape index (κ1) is 27.8. The Morgan fingerprint density at radius 1 is 0.692 bits per heavy atom. The van der Waals surface area contributed by atoms with Crippen LogP contribution < -0.4 is 11.1 Å². The van der Waals surface area contributed by atoms with Gasteiger partial charge < -0.3 is 0 Å². The Kier molecular flexibility index (Phi) is 9.03. The van der Waals surface area contributed by atoms with Gasteiger partial charge in [-0.3, -0.25) is 17.5 Å². The van der Waals surface area contributed by atoms with E-state index in [0.717, 1.165) is 45.2 Å². The Hall–Kier alpha value is -2.71. The average Bonchev–Trinajstić information content (AvgIpc) is 3.75. The Labute approximate surface area is 252 Å². The molecule has 0 aliphatic heterocycles. The van der Waals surface area contributed by atoms with E-state index in [0.29, 0.717) is 21.8 Å². The molecule has 6 rings (SSSR count). The largest absolute Gasteiger partial charge is 0.281 e. The van der Waals surface area contributed by atoms with Crippen molar-refractivity contribution >= 4 is 80.9 Å². The monoisotopic (exact) mass is 652 g/mol. The molecular formula is C24H15Cl3N6O2S4. The first-order valence-electron chi connectivity index (χ1n) is 11.0. The third kappa shape index (κ3) is 6.90. The standard InChI is InChI=1S/C12H7Cl2N3OS2.C12H8ClN3OS2/c13-10-11(14)20-17(12(10)18)5-7-1-3-8(4-2-7)9-6-19-16-15-9;13-11-5-12(17)16(19-11)6-8-1-3-9(4-2-8)10-7-18-15-14-10/h1-4,6H,5H2;1-5,7H,6H2. The van der Waals surface area contributed by atoms with E-state index in [1.165, 1.54) is 44.6 Å². The minimum absolute atomic E-state index is 0.0669. The van der Waals surface area contributed by atoms with Crippen LogP contribution in [0.5, 0.6) is 0 Å². The fraction of sp³-hybridized carbons (Fsp3) is 0.0833. The summed E-state index contributed by atoms with van der Waals surface area (Å²) in [7, 11) is 0. The van der Waals surface area contributed by atoms with Crippen LogP contribution in [0.3, 0.4) is 0 Å². The lowest BCUT2D eigenvalue weighted by Crippen LogP contribution is -2.13. The van der Waals surface area contributed by atoms with E-state index in [2.05, 4.69) is 19.2 Å². The first-order valence-corrected chi connectivity index (χ1v) is 15.4. The molecule has 8 nitrogen and oxygen atoms in total. The second-order valence-corrected chi connectivity index (χ2v) is 12.8. The Bertz CT molecular complexity index is 1780. The van der Waals surface area contributed by atoms with E-state index in [1.54, 1.807) is 3.96 Å². The number of benzene rings is 2. The van der Waals surface area contributed by atoms with Crippen molar-refractivity contribution in [3.05, 3.63) is 111 Å². The molecule has 0 spiro atoms. The normalized spacial score (nSPS) is 10.8. The molecule has 2 aromatic carbocycles. The number of halogens is 3. The van der Waals surface area contributed by atoms with Crippen molar-refractivity contribution in [2.45, 2.75) is 13.1 Å². The topological polar surface area (TPSA) is 95.6 Å². The van der Waals surface area contributed by atoms with Gasteiger partial charge in [0.1, 0.15) is 25.1 Å². The molecule has 0 fully saturated rings. The number of hydrogen-bond donors (Lipinski definition) is 0. The van der Waals surface area contributed by atoms with E-state index >= 15 is 0 Å². The lowest BCUT2D eigenvalue weighted by molar-refractivity contribution is 0.849. The van der Waals surface area contributed by atoms with Gasteiger partial charge in [0.2, 0.25) is 0 Å². The van der Waals surface area contributed by atoms with Crippen LogP contribution in [0.2, 0.25) is 13.7 Å². The minimum Gasteiger partial charge on any atom is -0.268 e. The molecule has 0 unspecified atom stereocenters. The number of rotatable bonds is 6. The number of hydrogen-bond acceptors (Lipinski definition) is 10. The predicted octanol–water partition coefficient (Wildman–Crippen LogP) is 6.91. The average molecular weight is 654 g/mol. The Morgan fingerprint density at radius 2 is 1.21 bits per heavy atom. The van der Waals surface area contributed by atoms with Gasteiger partial charge in [-0.1, -0.05) is 92.3 Å². The van der Waals surface area contributed by atoms with E-state index in [9.17, 15) is 9.59 Å². The van der Waals surface area contributed by atoms with Crippen molar-refractivity contribution < 1.29 is 0 Å². The van der Waals surface area contributed by atoms with Gasteiger partial charge in [0.05, 0.1) is 13.1 Å². The molecule has 0 saturated carbocycles. The molecule has 0 aliphatic carbocycles. The zero-order valence-electron chi connectivity index (χ0n) is 19.5. The summed E-state index contributed by atoms with van der Waals surface area (Å²) in [5, 5.41) is 11.9. The summed E-state index contributed by atoms with van der Waals surface area (Å²) in [5.74, 6) is 0. The molecular weight excluding hydrogens is 639 g/mol. The van der Waals surface area contributed by atoms with E-state index in [-0.39, 0.29) is 16.1 Å². The lowest BCUT2D eigenvalue weighted by Gasteiger charge is -2.02. The summed E-state index contributed by atoms with van der Waals surface area (Å²) in [5.41, 5.74) is 5.46. The highest BCUT2D eigenvalue weighted by Gasteiger charge is 2.11. The summed E-state index contributed by atoms with van der Waals surface area (Å²) in [6, 6.07) is 17.1. The van der Waals surface area contributed by atoms with Crippen LogP contribution in [-0.4, -0.2) is 27.1 Å². The second-order valence-electron chi connectivity index (χ2n) is 7.91. The van der Waals surface area contributed by atoms with Gasteiger partial charge in [0.25, 0.3) is 11.1 Å². The SMILES string of the molecule is O=c1c(Cl)c(Cl)sn1Cc1ccc(-c2csnn2)cc1.O=c1cc(Cl)sn1Cc1ccc(-c2csnn2)cc1. The zero-order chi connectivity index (χ0) is 27.4. The van der Waals surface area contributed by atoms with Crippen LogP contribution >= 0.6 is 80.9 Å². The van der Waals surface area contributed by atoms with Crippen molar-refractivity contribution in [2.24, 2.45) is 0 Å². The molecule has 0 radical (unpaired) electrons. The molecule has 0 aliphatic rings. The van der Waals surface area contributed by atoms with Crippen molar-refractivity contribution in [1.82, 2.24) is 27.1 Å². The third-order valence-corrected chi connectivity index (χ3v) is 9.31. The quantitative estimate of drug-likeness (QED) is 0.194. The first-order chi connectivity index (χ1) is 18.9. The number of nitrogens with zero attached hydrogens (tertiary/aromatic N) is 6. The zero-order valence-corrected chi connectivity index (χ0v) is 25.1. The molecule has 39 heavy (non-hydrogen) atoms. The van der Waals surface area contributed by atoms with Crippen LogP contribution in [0, 0.1) is 0 Å². The maximum Gasteiger partial charge on any atom is 0.281 e. The lowest BCUT2D eigenvalue weighted by atomic mass is 10.1. The van der Waals surface area contributed by atoms with Crippen LogP contribution in [0.25, 0.3) is 22.5 Å². The highest BCUT2D eigenvalue weighted by atomic mass is 35.5. The van der Waals surface area contributed by atoms with Crippen molar-refractivity contribution in [3.8, 4) is 22.5 Å². The summed E-state index contributed by atoms with van der Waals surface area (Å²) < 4.78 is 11.7. The van der Waals surface area contributed by atoms with Gasteiger partial charge >= 0.3 is 0 Å². The van der Waals surface area contributed by atoms with Gasteiger partial charge in [-0.25, -0.2) is 0 Å². The van der Waals surface area contributed by atoms with Crippen LogP contribution in [0.1, 0.15) is 11.1 Å². The van der Waals surface area contributed by atoms with Crippen LogP contribution in [0.4, 0.5) is 0 Å². The van der Waals surface area contributed by atoms with Gasteiger partial charge in [-0.2, -0.15) is 0 Å².